The van der Waals surface area contributed by atoms with Crippen LogP contribution in [0.25, 0.3) is 0 Å². The molecule has 5 aliphatic carbocycles. The Balaban J connectivity index is 1.10. The Kier molecular flexibility index (Phi) is 11.9. The Bertz CT molecular complexity index is 1720. The number of benzene rings is 1. The lowest BCUT2D eigenvalue weighted by molar-refractivity contribution is -0.145. The van der Waals surface area contributed by atoms with Crippen molar-refractivity contribution in [1.29, 1.82) is 0 Å². The van der Waals surface area contributed by atoms with E-state index in [0.29, 0.717) is 36.3 Å². The van der Waals surface area contributed by atoms with E-state index >= 15 is 0 Å². The first-order chi connectivity index (χ1) is 26.7. The van der Waals surface area contributed by atoms with Crippen LogP contribution in [0, 0.1) is 40.4 Å². The fraction of sp³-hybridized carbons (Fsp3) is 0.698. The molecule has 4 bridgehead atoms. The predicted octanol–water partition coefficient (Wildman–Crippen LogP) is 3.07. The Hall–Kier alpha value is -4.49. The van der Waals surface area contributed by atoms with E-state index in [1.165, 1.54) is 24.2 Å². The third-order valence-electron chi connectivity index (χ3n) is 13.5. The van der Waals surface area contributed by atoms with Crippen LogP contribution in [-0.4, -0.2) is 102 Å². The Morgan fingerprint density at radius 1 is 0.877 bits per heavy atom. The van der Waals surface area contributed by atoms with Crippen molar-refractivity contribution in [3.05, 3.63) is 35.9 Å². The summed E-state index contributed by atoms with van der Waals surface area (Å²) in [6.45, 7) is 11.4. The van der Waals surface area contributed by atoms with Gasteiger partial charge in [0.25, 0.3) is 5.91 Å². The summed E-state index contributed by atoms with van der Waals surface area (Å²) in [5.41, 5.74) is -0.576. The lowest BCUT2D eigenvalue weighted by Crippen LogP contribution is -2.65. The first kappa shape index (κ1) is 42.1. The normalized spacial score (nSPS) is 29.2. The van der Waals surface area contributed by atoms with Crippen molar-refractivity contribution in [2.75, 3.05) is 27.2 Å². The number of rotatable bonds is 14. The van der Waals surface area contributed by atoms with Gasteiger partial charge in [0.2, 0.25) is 29.4 Å². The average molecular weight is 790 g/mol. The average Bonchev–Trinajstić information content (AvgIpc) is 3.43. The van der Waals surface area contributed by atoms with Gasteiger partial charge in [0.15, 0.2) is 0 Å². The molecule has 5 saturated carbocycles. The summed E-state index contributed by atoms with van der Waals surface area (Å²) in [5, 5.41) is 14.2. The summed E-state index contributed by atoms with van der Waals surface area (Å²) in [6.07, 6.45) is 7.28. The standard InChI is InChI=1S/C43H63N7O7/c1-9-13-29(34(52)37(54)44-22-30(51)46-32(38(55)49(7)8)27-14-11-10-12-15-27)45-36(53)33-31-28(42(31,5)6)23-50(33)39(56)35(41(2,3)4)47-40(57)48-43-19-24-16-25(20-43)18-26(17-24)21-43/h10-12,14-15,24-26,28-29,31-33,35H,9,13,16-23H2,1-8H3,(H,44,54)(H,45,53)(H,46,51)(H2,47,48,57)/t24-,25+,26?,28-,29?,31-,32-,33-,35+,43?/m0/s1. The van der Waals surface area contributed by atoms with Crippen molar-refractivity contribution in [3.63, 3.8) is 0 Å². The van der Waals surface area contributed by atoms with Crippen LogP contribution in [0.4, 0.5) is 4.79 Å². The molecule has 6 atom stereocenters. The number of ketones is 1. The van der Waals surface area contributed by atoms with E-state index in [0.717, 1.165) is 19.3 Å². The Labute approximate surface area is 336 Å². The summed E-state index contributed by atoms with van der Waals surface area (Å²) in [4.78, 5) is 98.0. The van der Waals surface area contributed by atoms with Crippen LogP contribution >= 0.6 is 0 Å². The van der Waals surface area contributed by atoms with Crippen molar-refractivity contribution in [1.82, 2.24) is 36.4 Å². The molecular formula is C43H63N7O7. The van der Waals surface area contributed by atoms with E-state index in [-0.39, 0.29) is 47.1 Å². The van der Waals surface area contributed by atoms with Gasteiger partial charge in [-0.3, -0.25) is 28.8 Å². The number of urea groups is 1. The third-order valence-corrected chi connectivity index (χ3v) is 13.5. The quantitative estimate of drug-likeness (QED) is 0.179. The lowest BCUT2D eigenvalue weighted by atomic mass is 9.53. The van der Waals surface area contributed by atoms with Crippen molar-refractivity contribution in [2.45, 2.75) is 123 Å². The molecule has 0 aromatic heterocycles. The van der Waals surface area contributed by atoms with Crippen molar-refractivity contribution in [3.8, 4) is 0 Å². The number of carbonyl (C=O) groups is 7. The molecule has 1 saturated heterocycles. The fourth-order valence-electron chi connectivity index (χ4n) is 10.9. The minimum atomic E-state index is -1.20. The van der Waals surface area contributed by atoms with Crippen molar-refractivity contribution >= 4 is 41.4 Å². The van der Waals surface area contributed by atoms with E-state index in [4.69, 9.17) is 0 Å². The van der Waals surface area contributed by atoms with Crippen LogP contribution in [0.1, 0.15) is 105 Å². The molecule has 1 heterocycles. The van der Waals surface area contributed by atoms with Crippen LogP contribution in [0.3, 0.4) is 0 Å². The van der Waals surface area contributed by atoms with Crippen LogP contribution in [0.5, 0.6) is 0 Å². The predicted molar refractivity (Wildman–Crippen MR) is 213 cm³/mol. The molecule has 14 nitrogen and oxygen atoms in total. The van der Waals surface area contributed by atoms with Gasteiger partial charge in [-0.05, 0) is 90.9 Å². The zero-order valence-corrected chi connectivity index (χ0v) is 34.9. The molecule has 1 aliphatic heterocycles. The second kappa shape index (κ2) is 16.0. The van der Waals surface area contributed by atoms with Crippen LogP contribution < -0.4 is 26.6 Å². The molecule has 6 fully saturated rings. The molecule has 0 spiro atoms. The second-order valence-electron chi connectivity index (χ2n) is 19.5. The molecule has 5 N–H and O–H groups in total. The van der Waals surface area contributed by atoms with Crippen molar-refractivity contribution in [2.24, 2.45) is 40.4 Å². The first-order valence-corrected chi connectivity index (χ1v) is 20.8. The smallest absolute Gasteiger partial charge is 0.315 e. The van der Waals surface area contributed by atoms with Gasteiger partial charge in [0, 0.05) is 26.2 Å². The summed E-state index contributed by atoms with van der Waals surface area (Å²) >= 11 is 0. The highest BCUT2D eigenvalue weighted by atomic mass is 16.2. The van der Waals surface area contributed by atoms with E-state index in [1.807, 2.05) is 27.7 Å². The van der Waals surface area contributed by atoms with Gasteiger partial charge < -0.3 is 36.4 Å². The molecule has 7 amide bonds. The van der Waals surface area contributed by atoms with E-state index in [1.54, 1.807) is 49.3 Å². The molecular weight excluding hydrogens is 727 g/mol. The maximum absolute atomic E-state index is 14.5. The Morgan fingerprint density at radius 3 is 2.02 bits per heavy atom. The van der Waals surface area contributed by atoms with Gasteiger partial charge in [0.05, 0.1) is 12.6 Å². The number of likely N-dealkylation sites (N-methyl/N-ethyl adjacent to an activating group) is 1. The van der Waals surface area contributed by atoms with Gasteiger partial charge in [-0.15, -0.1) is 0 Å². The van der Waals surface area contributed by atoms with Gasteiger partial charge in [-0.25, -0.2) is 4.79 Å². The number of fused-ring (bicyclic) bond motifs is 1. The van der Waals surface area contributed by atoms with Crippen LogP contribution in [-0.2, 0) is 28.8 Å². The molecule has 6 aliphatic rings. The maximum atomic E-state index is 14.5. The van der Waals surface area contributed by atoms with E-state index < -0.39 is 59.6 Å². The fourth-order valence-corrected chi connectivity index (χ4v) is 10.9. The number of nitrogens with zero attached hydrogens (tertiary/aromatic N) is 2. The van der Waals surface area contributed by atoms with Crippen LogP contribution in [0.2, 0.25) is 0 Å². The zero-order chi connectivity index (χ0) is 41.6. The number of hydrogen-bond acceptors (Lipinski definition) is 7. The van der Waals surface area contributed by atoms with Gasteiger partial charge in [-0.2, -0.15) is 0 Å². The highest BCUT2D eigenvalue weighted by Crippen LogP contribution is 2.65. The third kappa shape index (κ3) is 8.84. The van der Waals surface area contributed by atoms with Gasteiger partial charge in [-0.1, -0.05) is 78.3 Å². The van der Waals surface area contributed by atoms with E-state index in [2.05, 4.69) is 40.4 Å². The largest absolute Gasteiger partial charge is 0.347 e. The number of hydrogen-bond donors (Lipinski definition) is 5. The molecule has 1 unspecified atom stereocenters. The number of amides is 7. The summed E-state index contributed by atoms with van der Waals surface area (Å²) in [5.74, 6) is -2.08. The molecule has 14 heteroatoms. The zero-order valence-electron chi connectivity index (χ0n) is 34.9. The maximum Gasteiger partial charge on any atom is 0.315 e. The monoisotopic (exact) mass is 789 g/mol. The number of Topliss-reactive ketones (excluding diaryl/α,β-unsaturated/α-hetero) is 1. The minimum Gasteiger partial charge on any atom is -0.347 e. The molecule has 7 rings (SSSR count). The molecule has 1 aromatic carbocycles. The number of piperidine rings is 1. The highest BCUT2D eigenvalue weighted by molar-refractivity contribution is 6.38. The van der Waals surface area contributed by atoms with Gasteiger partial charge in [0.1, 0.15) is 18.1 Å². The SMILES string of the molecule is CCCC(NC(=O)[C@@H]1[C@@H]2[C@H](CN1C(=O)[C@@H](NC(=O)NC13CC4C[C@H](C1)C[C@@H](C4)C3)C(C)(C)C)C2(C)C)C(=O)C(=O)NCC(=O)N[C@H](C(=O)N(C)C)c1ccccc1. The van der Waals surface area contributed by atoms with E-state index in [9.17, 15) is 33.6 Å². The first-order valence-electron chi connectivity index (χ1n) is 20.8. The number of likely N-dealkylation sites (tertiary alicyclic amines) is 1. The molecule has 1 aromatic rings. The summed E-state index contributed by atoms with van der Waals surface area (Å²) in [6, 6.07) is 4.32. The van der Waals surface area contributed by atoms with Crippen molar-refractivity contribution < 1.29 is 33.6 Å². The molecule has 57 heavy (non-hydrogen) atoms. The number of nitrogens with one attached hydrogen (secondary N) is 5. The Morgan fingerprint density at radius 2 is 1.47 bits per heavy atom. The second-order valence-corrected chi connectivity index (χ2v) is 19.5. The van der Waals surface area contributed by atoms with Crippen LogP contribution in [0.15, 0.2) is 30.3 Å². The lowest BCUT2D eigenvalue weighted by Gasteiger charge is -2.56. The molecule has 312 valence electrons. The molecule has 0 radical (unpaired) electrons. The highest BCUT2D eigenvalue weighted by Gasteiger charge is 2.70. The topological polar surface area (TPSA) is 186 Å². The summed E-state index contributed by atoms with van der Waals surface area (Å²) in [7, 11) is 3.14. The minimum absolute atomic E-state index is 0.0555. The number of carbonyl (C=O) groups excluding carboxylic acids is 7. The summed E-state index contributed by atoms with van der Waals surface area (Å²) < 4.78 is 0. The van der Waals surface area contributed by atoms with Gasteiger partial charge >= 0.3 is 6.03 Å².